The van der Waals surface area contributed by atoms with Crippen LogP contribution in [0, 0.1) is 0 Å². The van der Waals surface area contributed by atoms with Crippen LogP contribution in [0.25, 0.3) is 5.57 Å². The second kappa shape index (κ2) is 3.93. The lowest BCUT2D eigenvalue weighted by molar-refractivity contribution is -0.114. The molecule has 2 rings (SSSR count). The molecule has 0 aliphatic heterocycles. The molecule has 1 aliphatic rings. The average Bonchev–Trinajstić information content (AvgIpc) is 2.71. The average molecular weight is 269 g/mol. The Labute approximate surface area is 97.3 Å². The van der Waals surface area contributed by atoms with Crippen molar-refractivity contribution < 1.29 is 4.79 Å². The normalized spacial score (nSPS) is 16.3. The molecule has 0 unspecified atom stereocenters. The van der Waals surface area contributed by atoms with Crippen LogP contribution >= 0.6 is 15.9 Å². The fourth-order valence-electron chi connectivity index (χ4n) is 1.80. The number of carbonyl (C=O) groups is 1. The lowest BCUT2D eigenvalue weighted by atomic mass is 10.1. The molecule has 15 heavy (non-hydrogen) atoms. The summed E-state index contributed by atoms with van der Waals surface area (Å²) >= 11 is 3.37. The van der Waals surface area contributed by atoms with Gasteiger partial charge in [-0.05, 0) is 53.9 Å². The van der Waals surface area contributed by atoms with E-state index < -0.39 is 0 Å². The zero-order valence-corrected chi connectivity index (χ0v) is 10.4. The number of ketones is 1. The number of allylic oxidation sites excluding steroid dienone is 2. The van der Waals surface area contributed by atoms with Crippen molar-refractivity contribution >= 4 is 27.3 Å². The molecule has 1 aromatic rings. The Hall–Kier alpha value is -0.900. The van der Waals surface area contributed by atoms with Crippen LogP contribution in [0.3, 0.4) is 0 Å². The minimum atomic E-state index is 0.220. The van der Waals surface area contributed by atoms with E-state index in [1.165, 1.54) is 0 Å². The van der Waals surface area contributed by atoms with Crippen molar-refractivity contribution in [2.45, 2.75) is 32.7 Å². The molecule has 0 N–H and O–H groups in total. The molecule has 0 saturated heterocycles. The van der Waals surface area contributed by atoms with Gasteiger partial charge in [0.15, 0.2) is 5.78 Å². The Balaban J connectivity index is 2.43. The maximum Gasteiger partial charge on any atom is 0.156 e. The van der Waals surface area contributed by atoms with Crippen molar-refractivity contribution in [3.63, 3.8) is 0 Å². The minimum absolute atomic E-state index is 0.220. The molecule has 0 fully saturated rings. The first-order chi connectivity index (χ1) is 7.08. The maximum atomic E-state index is 11.2. The summed E-state index contributed by atoms with van der Waals surface area (Å²) in [7, 11) is 0. The predicted octanol–water partition coefficient (Wildman–Crippen LogP) is 2.97. The third-order valence-corrected chi connectivity index (χ3v) is 2.89. The van der Waals surface area contributed by atoms with Crippen molar-refractivity contribution in [2.24, 2.45) is 0 Å². The van der Waals surface area contributed by atoms with Gasteiger partial charge >= 0.3 is 0 Å². The Kier molecular flexibility index (Phi) is 2.78. The molecule has 4 heteroatoms. The van der Waals surface area contributed by atoms with E-state index in [1.54, 1.807) is 6.08 Å². The van der Waals surface area contributed by atoms with Gasteiger partial charge < -0.3 is 0 Å². The van der Waals surface area contributed by atoms with E-state index >= 15 is 0 Å². The highest BCUT2D eigenvalue weighted by atomic mass is 79.9. The Morgan fingerprint density at radius 1 is 1.47 bits per heavy atom. The SMILES string of the molecule is CC(C)n1nc(Br)cc1C1=CC(=O)CC1. The molecule has 80 valence electrons. The van der Waals surface area contributed by atoms with Crippen LogP contribution in [0.1, 0.15) is 38.4 Å². The highest BCUT2D eigenvalue weighted by Crippen LogP contribution is 2.29. The summed E-state index contributed by atoms with van der Waals surface area (Å²) in [5.74, 6) is 0.220. The fraction of sp³-hybridized carbons (Fsp3) is 0.455. The highest BCUT2D eigenvalue weighted by molar-refractivity contribution is 9.10. The largest absolute Gasteiger partial charge is 0.295 e. The van der Waals surface area contributed by atoms with E-state index in [1.807, 2.05) is 10.7 Å². The van der Waals surface area contributed by atoms with Gasteiger partial charge in [0.1, 0.15) is 4.60 Å². The van der Waals surface area contributed by atoms with Gasteiger partial charge in [0.2, 0.25) is 0 Å². The quantitative estimate of drug-likeness (QED) is 0.827. The van der Waals surface area contributed by atoms with Crippen molar-refractivity contribution in [1.29, 1.82) is 0 Å². The van der Waals surface area contributed by atoms with Crippen molar-refractivity contribution in [1.82, 2.24) is 9.78 Å². The van der Waals surface area contributed by atoms with E-state index in [0.717, 1.165) is 22.3 Å². The van der Waals surface area contributed by atoms with Gasteiger partial charge in [-0.25, -0.2) is 0 Å². The first kappa shape index (κ1) is 10.6. The molecule has 0 bridgehead atoms. The van der Waals surface area contributed by atoms with Gasteiger partial charge in [-0.1, -0.05) is 0 Å². The number of nitrogens with zero attached hydrogens (tertiary/aromatic N) is 2. The molecule has 0 spiro atoms. The number of hydrogen-bond donors (Lipinski definition) is 0. The van der Waals surface area contributed by atoms with E-state index in [-0.39, 0.29) is 5.78 Å². The summed E-state index contributed by atoms with van der Waals surface area (Å²) in [4.78, 5) is 11.2. The zero-order chi connectivity index (χ0) is 11.0. The van der Waals surface area contributed by atoms with Gasteiger partial charge in [0.05, 0.1) is 5.69 Å². The van der Waals surface area contributed by atoms with Crippen molar-refractivity contribution in [3.05, 3.63) is 22.4 Å². The standard InChI is InChI=1S/C11H13BrN2O/c1-7(2)14-10(6-11(12)13-14)8-3-4-9(15)5-8/h5-7H,3-4H2,1-2H3. The molecular formula is C11H13BrN2O. The number of hydrogen-bond acceptors (Lipinski definition) is 2. The van der Waals surface area contributed by atoms with Crippen LogP contribution in [0.5, 0.6) is 0 Å². The summed E-state index contributed by atoms with van der Waals surface area (Å²) in [6, 6.07) is 2.28. The Morgan fingerprint density at radius 3 is 2.73 bits per heavy atom. The van der Waals surface area contributed by atoms with Crippen LogP contribution in [-0.2, 0) is 4.79 Å². The summed E-state index contributed by atoms with van der Waals surface area (Å²) < 4.78 is 2.78. The topological polar surface area (TPSA) is 34.9 Å². The molecule has 0 atom stereocenters. The van der Waals surface area contributed by atoms with Crippen molar-refractivity contribution in [2.75, 3.05) is 0 Å². The third kappa shape index (κ3) is 2.04. The number of halogens is 1. The lowest BCUT2D eigenvalue weighted by Gasteiger charge is -2.10. The lowest BCUT2D eigenvalue weighted by Crippen LogP contribution is -2.06. The zero-order valence-electron chi connectivity index (χ0n) is 8.83. The molecule has 0 saturated carbocycles. The maximum absolute atomic E-state index is 11.2. The van der Waals surface area contributed by atoms with Crippen LogP contribution in [0.4, 0.5) is 0 Å². The molecular weight excluding hydrogens is 256 g/mol. The van der Waals surface area contributed by atoms with Gasteiger partial charge in [0.25, 0.3) is 0 Å². The molecule has 3 nitrogen and oxygen atoms in total. The number of carbonyl (C=O) groups excluding carboxylic acids is 1. The molecule has 0 radical (unpaired) electrons. The van der Waals surface area contributed by atoms with E-state index in [9.17, 15) is 4.79 Å². The number of aromatic nitrogens is 2. The number of rotatable bonds is 2. The van der Waals surface area contributed by atoms with E-state index in [0.29, 0.717) is 12.5 Å². The Bertz CT molecular complexity index is 432. The minimum Gasteiger partial charge on any atom is -0.295 e. The van der Waals surface area contributed by atoms with E-state index in [4.69, 9.17) is 0 Å². The second-order valence-corrected chi connectivity index (χ2v) is 4.84. The van der Waals surface area contributed by atoms with Crippen LogP contribution in [0.15, 0.2) is 16.7 Å². The molecule has 0 amide bonds. The first-order valence-electron chi connectivity index (χ1n) is 5.07. The smallest absolute Gasteiger partial charge is 0.156 e. The first-order valence-corrected chi connectivity index (χ1v) is 5.86. The Morgan fingerprint density at radius 2 is 2.20 bits per heavy atom. The summed E-state index contributed by atoms with van der Waals surface area (Å²) in [5.41, 5.74) is 2.16. The summed E-state index contributed by atoms with van der Waals surface area (Å²) in [6.07, 6.45) is 3.21. The van der Waals surface area contributed by atoms with Gasteiger partial charge in [-0.2, -0.15) is 5.10 Å². The monoisotopic (exact) mass is 268 g/mol. The van der Waals surface area contributed by atoms with Gasteiger partial charge in [-0.15, -0.1) is 0 Å². The molecule has 0 aromatic carbocycles. The van der Waals surface area contributed by atoms with Gasteiger partial charge in [-0.3, -0.25) is 9.48 Å². The highest BCUT2D eigenvalue weighted by Gasteiger charge is 2.19. The summed E-state index contributed by atoms with van der Waals surface area (Å²) in [5, 5.41) is 4.36. The summed E-state index contributed by atoms with van der Waals surface area (Å²) in [6.45, 7) is 4.17. The third-order valence-electron chi connectivity index (χ3n) is 2.50. The molecule has 1 aliphatic carbocycles. The van der Waals surface area contributed by atoms with Gasteiger partial charge in [0, 0.05) is 12.5 Å². The molecule has 1 heterocycles. The van der Waals surface area contributed by atoms with Crippen LogP contribution in [0.2, 0.25) is 0 Å². The predicted molar refractivity (Wildman–Crippen MR) is 62.5 cm³/mol. The van der Waals surface area contributed by atoms with E-state index in [2.05, 4.69) is 34.9 Å². The van der Waals surface area contributed by atoms with Crippen LogP contribution < -0.4 is 0 Å². The second-order valence-electron chi connectivity index (χ2n) is 4.03. The molecule has 1 aromatic heterocycles. The van der Waals surface area contributed by atoms with Crippen molar-refractivity contribution in [3.8, 4) is 0 Å². The fourth-order valence-corrected chi connectivity index (χ4v) is 2.18. The van der Waals surface area contributed by atoms with Crippen LogP contribution in [-0.4, -0.2) is 15.6 Å².